The minimum atomic E-state index is -0.688. The molecule has 1 aliphatic heterocycles. The van der Waals surface area contributed by atoms with Crippen LogP contribution in [-0.2, 0) is 10.2 Å². The van der Waals surface area contributed by atoms with Gasteiger partial charge in [-0.05, 0) is 25.1 Å². The van der Waals surface area contributed by atoms with Gasteiger partial charge < -0.3 is 4.74 Å². The highest BCUT2D eigenvalue weighted by Gasteiger charge is 2.44. The molecule has 3 rings (SSSR count). The zero-order valence-corrected chi connectivity index (χ0v) is 12.5. The zero-order chi connectivity index (χ0) is 14.2. The molecule has 1 aromatic carbocycles. The van der Waals surface area contributed by atoms with Crippen LogP contribution in [0.2, 0.25) is 0 Å². The van der Waals surface area contributed by atoms with Gasteiger partial charge in [-0.3, -0.25) is 0 Å². The van der Waals surface area contributed by atoms with E-state index in [1.54, 1.807) is 0 Å². The van der Waals surface area contributed by atoms with Crippen LogP contribution in [-0.4, -0.2) is 23.2 Å². The molecule has 4 nitrogen and oxygen atoms in total. The van der Waals surface area contributed by atoms with E-state index in [0.29, 0.717) is 19.0 Å². The molecular weight excluding hydrogens is 318 g/mol. The van der Waals surface area contributed by atoms with Crippen molar-refractivity contribution in [2.75, 3.05) is 13.2 Å². The molecule has 0 aliphatic carbocycles. The third-order valence-corrected chi connectivity index (χ3v) is 3.81. The lowest BCUT2D eigenvalue weighted by Crippen LogP contribution is -2.47. The van der Waals surface area contributed by atoms with Gasteiger partial charge >= 0.3 is 0 Å². The molecule has 2 heterocycles. The van der Waals surface area contributed by atoms with Crippen LogP contribution in [0.3, 0.4) is 0 Å². The van der Waals surface area contributed by atoms with Gasteiger partial charge in [0.05, 0.1) is 25.0 Å². The maximum atomic E-state index is 9.37. The van der Waals surface area contributed by atoms with Gasteiger partial charge in [-0.1, -0.05) is 28.1 Å². The molecule has 0 unspecified atom stereocenters. The normalized spacial score (nSPS) is 16.2. The number of hydrogen-bond acceptors (Lipinski definition) is 4. The predicted molar refractivity (Wildman–Crippen MR) is 78.0 cm³/mol. The van der Waals surface area contributed by atoms with Crippen molar-refractivity contribution in [2.45, 2.75) is 12.3 Å². The van der Waals surface area contributed by atoms with Crippen LogP contribution in [0.5, 0.6) is 0 Å². The van der Waals surface area contributed by atoms with E-state index < -0.39 is 5.41 Å². The summed E-state index contributed by atoms with van der Waals surface area (Å²) >= 11 is 3.46. The molecular formula is C15H12BrN3O. The molecule has 1 aromatic heterocycles. The summed E-state index contributed by atoms with van der Waals surface area (Å²) in [4.78, 5) is 9.00. The molecule has 0 saturated carbocycles. The first kappa shape index (κ1) is 13.2. The van der Waals surface area contributed by atoms with Crippen LogP contribution in [0.4, 0.5) is 0 Å². The number of benzene rings is 1. The molecule has 0 N–H and O–H groups in total. The van der Waals surface area contributed by atoms with E-state index in [1.165, 1.54) is 0 Å². The first-order valence-electron chi connectivity index (χ1n) is 6.24. The first-order valence-corrected chi connectivity index (χ1v) is 7.03. The van der Waals surface area contributed by atoms with Crippen molar-refractivity contribution in [3.8, 4) is 17.3 Å². The average molecular weight is 330 g/mol. The van der Waals surface area contributed by atoms with E-state index in [1.807, 2.05) is 37.3 Å². The second-order valence-corrected chi connectivity index (χ2v) is 5.83. The van der Waals surface area contributed by atoms with Gasteiger partial charge in [0.15, 0.2) is 11.2 Å². The summed E-state index contributed by atoms with van der Waals surface area (Å²) in [6.45, 7) is 2.65. The third-order valence-electron chi connectivity index (χ3n) is 3.31. The fourth-order valence-corrected chi connectivity index (χ4v) is 2.53. The second-order valence-electron chi connectivity index (χ2n) is 4.92. The summed E-state index contributed by atoms with van der Waals surface area (Å²) in [6, 6.07) is 12.1. The van der Waals surface area contributed by atoms with E-state index in [4.69, 9.17) is 4.74 Å². The number of nitriles is 1. The minimum absolute atomic E-state index is 0.366. The Morgan fingerprint density at radius 2 is 2.10 bits per heavy atom. The standard InChI is InChI=1S/C15H12BrN3O/c1-10-5-13(11-3-2-4-12(16)6-11)19-14(18-10)15(7-17)8-20-9-15/h2-6H,8-9H2,1H3. The summed E-state index contributed by atoms with van der Waals surface area (Å²) in [5, 5.41) is 9.37. The molecule has 2 aromatic rings. The molecule has 1 fully saturated rings. The second kappa shape index (κ2) is 4.97. The van der Waals surface area contributed by atoms with E-state index in [2.05, 4.69) is 32.0 Å². The van der Waals surface area contributed by atoms with Gasteiger partial charge in [-0.15, -0.1) is 0 Å². The summed E-state index contributed by atoms with van der Waals surface area (Å²) in [7, 11) is 0. The molecule has 5 heteroatoms. The van der Waals surface area contributed by atoms with Crippen molar-refractivity contribution in [3.63, 3.8) is 0 Å². The van der Waals surface area contributed by atoms with Crippen LogP contribution in [0, 0.1) is 18.3 Å². The third kappa shape index (κ3) is 2.21. The predicted octanol–water partition coefficient (Wildman–Crippen LogP) is 3.01. The van der Waals surface area contributed by atoms with E-state index in [0.717, 1.165) is 21.4 Å². The topological polar surface area (TPSA) is 58.8 Å². The Kier molecular flexibility index (Phi) is 3.28. The fourth-order valence-electron chi connectivity index (χ4n) is 2.13. The van der Waals surface area contributed by atoms with Gasteiger partial charge in [-0.2, -0.15) is 5.26 Å². The molecule has 0 spiro atoms. The van der Waals surface area contributed by atoms with E-state index >= 15 is 0 Å². The molecule has 0 bridgehead atoms. The Labute approximate surface area is 125 Å². The number of halogens is 1. The van der Waals surface area contributed by atoms with Crippen molar-refractivity contribution in [2.24, 2.45) is 0 Å². The highest BCUT2D eigenvalue weighted by molar-refractivity contribution is 9.10. The number of aryl methyl sites for hydroxylation is 1. The van der Waals surface area contributed by atoms with Crippen LogP contribution < -0.4 is 0 Å². The smallest absolute Gasteiger partial charge is 0.163 e. The van der Waals surface area contributed by atoms with Gasteiger partial charge in [-0.25, -0.2) is 9.97 Å². The van der Waals surface area contributed by atoms with Crippen molar-refractivity contribution >= 4 is 15.9 Å². The van der Waals surface area contributed by atoms with Crippen molar-refractivity contribution in [1.29, 1.82) is 5.26 Å². The maximum absolute atomic E-state index is 9.37. The van der Waals surface area contributed by atoms with Gasteiger partial charge in [0, 0.05) is 15.7 Å². The van der Waals surface area contributed by atoms with Gasteiger partial charge in [0.2, 0.25) is 0 Å². The van der Waals surface area contributed by atoms with Crippen molar-refractivity contribution < 1.29 is 4.74 Å². The van der Waals surface area contributed by atoms with Crippen molar-refractivity contribution in [1.82, 2.24) is 9.97 Å². The van der Waals surface area contributed by atoms with Crippen molar-refractivity contribution in [3.05, 3.63) is 46.3 Å². The van der Waals surface area contributed by atoms with Gasteiger partial charge in [0.1, 0.15) is 0 Å². The summed E-state index contributed by atoms with van der Waals surface area (Å²) < 4.78 is 6.17. The van der Waals surface area contributed by atoms with E-state index in [-0.39, 0.29) is 0 Å². The molecule has 20 heavy (non-hydrogen) atoms. The highest BCUT2D eigenvalue weighted by Crippen LogP contribution is 2.31. The minimum Gasteiger partial charge on any atom is -0.377 e. The number of rotatable bonds is 2. The molecule has 0 atom stereocenters. The largest absolute Gasteiger partial charge is 0.377 e. The Morgan fingerprint density at radius 1 is 1.30 bits per heavy atom. The summed E-state index contributed by atoms with van der Waals surface area (Å²) in [5.74, 6) is 0.557. The van der Waals surface area contributed by atoms with Crippen LogP contribution in [0.1, 0.15) is 11.5 Å². The zero-order valence-electron chi connectivity index (χ0n) is 10.9. The monoisotopic (exact) mass is 329 g/mol. The lowest BCUT2D eigenvalue weighted by molar-refractivity contribution is -0.0339. The molecule has 1 saturated heterocycles. The Morgan fingerprint density at radius 3 is 2.70 bits per heavy atom. The molecule has 100 valence electrons. The first-order chi connectivity index (χ1) is 9.63. The van der Waals surface area contributed by atoms with Gasteiger partial charge in [0.25, 0.3) is 0 Å². The SMILES string of the molecule is Cc1cc(-c2cccc(Br)c2)nc(C2(C#N)COC2)n1. The maximum Gasteiger partial charge on any atom is 0.163 e. The average Bonchev–Trinajstić information content (AvgIpc) is 2.37. The number of hydrogen-bond donors (Lipinski definition) is 0. The Balaban J connectivity index is 2.10. The Hall–Kier alpha value is -1.77. The molecule has 0 amide bonds. The highest BCUT2D eigenvalue weighted by atomic mass is 79.9. The fraction of sp³-hybridized carbons (Fsp3) is 0.267. The summed E-state index contributed by atoms with van der Waals surface area (Å²) in [5.41, 5.74) is 1.99. The van der Waals surface area contributed by atoms with Crippen LogP contribution >= 0.6 is 15.9 Å². The molecule has 0 radical (unpaired) electrons. The van der Waals surface area contributed by atoms with Crippen LogP contribution in [0.15, 0.2) is 34.8 Å². The Bertz CT molecular complexity index is 705. The number of nitrogens with zero attached hydrogens (tertiary/aromatic N) is 3. The lowest BCUT2D eigenvalue weighted by atomic mass is 9.86. The quantitative estimate of drug-likeness (QED) is 0.849. The van der Waals surface area contributed by atoms with Crippen LogP contribution in [0.25, 0.3) is 11.3 Å². The lowest BCUT2D eigenvalue weighted by Gasteiger charge is -2.33. The number of aromatic nitrogens is 2. The van der Waals surface area contributed by atoms with E-state index in [9.17, 15) is 5.26 Å². The molecule has 1 aliphatic rings. The number of ether oxygens (including phenoxy) is 1. The summed E-state index contributed by atoms with van der Waals surface area (Å²) in [6.07, 6.45) is 0.